The zero-order valence-corrected chi connectivity index (χ0v) is 20.1. The van der Waals surface area contributed by atoms with Crippen LogP contribution in [0.3, 0.4) is 0 Å². The van der Waals surface area contributed by atoms with E-state index < -0.39 is 21.8 Å². The third-order valence-corrected chi connectivity index (χ3v) is 4.20. The predicted octanol–water partition coefficient (Wildman–Crippen LogP) is -1.49. The van der Waals surface area contributed by atoms with Gasteiger partial charge in [-0.25, -0.2) is 8.42 Å². The summed E-state index contributed by atoms with van der Waals surface area (Å²) < 4.78 is 48.2. The second kappa shape index (κ2) is 13.8. The molecule has 11 heteroatoms. The Kier molecular flexibility index (Phi) is 13.2. The fourth-order valence-corrected chi connectivity index (χ4v) is 2.69. The van der Waals surface area contributed by atoms with Gasteiger partial charge in [-0.1, -0.05) is 0 Å². The van der Waals surface area contributed by atoms with Gasteiger partial charge in [0.05, 0.1) is 41.3 Å². The van der Waals surface area contributed by atoms with Crippen LogP contribution in [-0.4, -0.2) is 56.8 Å². The van der Waals surface area contributed by atoms with Gasteiger partial charge in [-0.2, -0.15) is 0 Å². The summed E-state index contributed by atoms with van der Waals surface area (Å²) in [5.41, 5.74) is 0.267. The standard InChI is InChI=1S/C18H27NO8S.Na/c1-4-25-15-12-17(27-6-3)16(26-5-2)11-13(15)14(20)7-8-18(21)19-9-10-28(22,23)24;/h11-12H,4-10H2,1-3H3,(H,19,21)(H,22,23,24);/q;+1/p-1. The fraction of sp³-hybridized carbons (Fsp3) is 0.556. The second-order valence-corrected chi connectivity index (χ2v) is 7.15. The fourth-order valence-electron chi connectivity index (χ4n) is 2.34. The van der Waals surface area contributed by atoms with Crippen molar-refractivity contribution in [1.82, 2.24) is 5.32 Å². The maximum atomic E-state index is 12.6. The number of rotatable bonds is 13. The van der Waals surface area contributed by atoms with Crippen molar-refractivity contribution in [2.75, 3.05) is 32.1 Å². The summed E-state index contributed by atoms with van der Waals surface area (Å²) in [6, 6.07) is 3.12. The van der Waals surface area contributed by atoms with Crippen LogP contribution in [0.2, 0.25) is 0 Å². The van der Waals surface area contributed by atoms with Gasteiger partial charge in [0.25, 0.3) is 0 Å². The molecular formula is C18H26NNaO8S. The quantitative estimate of drug-likeness (QED) is 0.223. The van der Waals surface area contributed by atoms with E-state index in [1.165, 1.54) is 6.07 Å². The Bertz CT molecular complexity index is 782. The zero-order valence-electron chi connectivity index (χ0n) is 17.3. The summed E-state index contributed by atoms with van der Waals surface area (Å²) >= 11 is 0. The molecule has 0 spiro atoms. The van der Waals surface area contributed by atoms with Gasteiger partial charge in [-0.3, -0.25) is 9.59 Å². The number of carbonyl (C=O) groups is 2. The summed E-state index contributed by atoms with van der Waals surface area (Å²) in [6.45, 7) is 6.25. The minimum absolute atomic E-state index is 0. The summed E-state index contributed by atoms with van der Waals surface area (Å²) in [4.78, 5) is 24.3. The molecule has 0 radical (unpaired) electrons. The largest absolute Gasteiger partial charge is 1.00 e. The molecule has 0 atom stereocenters. The van der Waals surface area contributed by atoms with E-state index in [1.807, 2.05) is 6.92 Å². The maximum absolute atomic E-state index is 12.6. The number of ketones is 1. The Labute approximate surface area is 193 Å². The molecule has 1 rings (SSSR count). The molecule has 0 saturated carbocycles. The first-order valence-electron chi connectivity index (χ1n) is 9.01. The van der Waals surface area contributed by atoms with E-state index in [0.29, 0.717) is 37.1 Å². The average molecular weight is 439 g/mol. The Morgan fingerprint density at radius 2 is 1.45 bits per heavy atom. The Morgan fingerprint density at radius 1 is 0.931 bits per heavy atom. The second-order valence-electron chi connectivity index (χ2n) is 5.63. The first kappa shape index (κ1) is 27.7. The van der Waals surface area contributed by atoms with Crippen LogP contribution < -0.4 is 49.1 Å². The number of Topliss-reactive ketones (excluding diaryl/α,β-unsaturated/α-hetero) is 1. The van der Waals surface area contributed by atoms with Crippen LogP contribution in [0, 0.1) is 0 Å². The number of nitrogens with one attached hydrogen (secondary N) is 1. The molecule has 158 valence electrons. The summed E-state index contributed by atoms with van der Waals surface area (Å²) in [6.07, 6.45) is -0.268. The van der Waals surface area contributed by atoms with Crippen LogP contribution in [0.4, 0.5) is 0 Å². The SMILES string of the molecule is CCOc1cc(OCC)c(C(=O)CCC(=O)NCCS(=O)(=O)[O-])cc1OCC.[Na+]. The van der Waals surface area contributed by atoms with Crippen LogP contribution in [0.15, 0.2) is 12.1 Å². The van der Waals surface area contributed by atoms with Crippen LogP contribution in [0.5, 0.6) is 17.2 Å². The van der Waals surface area contributed by atoms with Gasteiger partial charge < -0.3 is 24.1 Å². The van der Waals surface area contributed by atoms with Gasteiger partial charge >= 0.3 is 29.6 Å². The molecule has 1 N–H and O–H groups in total. The minimum atomic E-state index is -4.40. The van der Waals surface area contributed by atoms with E-state index in [0.717, 1.165) is 0 Å². The summed E-state index contributed by atoms with van der Waals surface area (Å²) in [5, 5.41) is 2.30. The van der Waals surface area contributed by atoms with Crippen LogP contribution in [-0.2, 0) is 14.9 Å². The van der Waals surface area contributed by atoms with E-state index in [2.05, 4.69) is 5.32 Å². The van der Waals surface area contributed by atoms with Gasteiger partial charge in [0.2, 0.25) is 5.91 Å². The van der Waals surface area contributed by atoms with Gasteiger partial charge in [0.1, 0.15) is 5.75 Å². The maximum Gasteiger partial charge on any atom is 1.00 e. The third kappa shape index (κ3) is 10.3. The first-order valence-corrected chi connectivity index (χ1v) is 10.6. The molecular weight excluding hydrogens is 413 g/mol. The molecule has 0 aromatic heterocycles. The van der Waals surface area contributed by atoms with Crippen molar-refractivity contribution in [3.63, 3.8) is 0 Å². The molecule has 1 aromatic rings. The summed E-state index contributed by atoms with van der Waals surface area (Å²) in [7, 11) is -4.40. The Balaban J connectivity index is 0.00000784. The van der Waals surface area contributed by atoms with E-state index in [4.69, 9.17) is 14.2 Å². The van der Waals surface area contributed by atoms with Crippen molar-refractivity contribution in [3.8, 4) is 17.2 Å². The van der Waals surface area contributed by atoms with E-state index in [9.17, 15) is 22.6 Å². The number of carbonyl (C=O) groups excluding carboxylic acids is 2. The number of benzene rings is 1. The average Bonchev–Trinajstić information content (AvgIpc) is 2.61. The molecule has 0 saturated heterocycles. The molecule has 1 amide bonds. The van der Waals surface area contributed by atoms with E-state index >= 15 is 0 Å². The van der Waals surface area contributed by atoms with Crippen molar-refractivity contribution in [2.45, 2.75) is 33.6 Å². The van der Waals surface area contributed by atoms with Gasteiger partial charge in [0.15, 0.2) is 17.3 Å². The molecule has 0 aliphatic rings. The van der Waals surface area contributed by atoms with Crippen LogP contribution >= 0.6 is 0 Å². The molecule has 0 aliphatic carbocycles. The topological polar surface area (TPSA) is 131 Å². The molecule has 9 nitrogen and oxygen atoms in total. The van der Waals surface area contributed by atoms with Crippen LogP contribution in [0.1, 0.15) is 44.0 Å². The van der Waals surface area contributed by atoms with Crippen molar-refractivity contribution in [3.05, 3.63) is 17.7 Å². The molecule has 0 bridgehead atoms. The number of hydrogen-bond donors (Lipinski definition) is 1. The number of hydrogen-bond acceptors (Lipinski definition) is 8. The normalized spacial score (nSPS) is 10.6. The minimum Gasteiger partial charge on any atom is -0.748 e. The number of ether oxygens (including phenoxy) is 3. The third-order valence-electron chi connectivity index (χ3n) is 3.50. The monoisotopic (exact) mass is 439 g/mol. The smallest absolute Gasteiger partial charge is 0.748 e. The Hall–Kier alpha value is -1.33. The Morgan fingerprint density at radius 3 is 1.97 bits per heavy atom. The molecule has 0 heterocycles. The molecule has 0 fully saturated rings. The molecule has 1 aromatic carbocycles. The van der Waals surface area contributed by atoms with E-state index in [-0.39, 0.29) is 60.3 Å². The van der Waals surface area contributed by atoms with Crippen LogP contribution in [0.25, 0.3) is 0 Å². The van der Waals surface area contributed by atoms with Gasteiger partial charge in [-0.05, 0) is 26.8 Å². The van der Waals surface area contributed by atoms with E-state index in [1.54, 1.807) is 19.9 Å². The zero-order chi connectivity index (χ0) is 21.2. The van der Waals surface area contributed by atoms with Crippen molar-refractivity contribution < 1.29 is 66.3 Å². The summed E-state index contributed by atoms with van der Waals surface area (Å²) in [5.74, 6) is -0.359. The van der Waals surface area contributed by atoms with Crippen molar-refractivity contribution >= 4 is 21.8 Å². The molecule has 0 aliphatic heterocycles. The molecule has 0 unspecified atom stereocenters. The number of amides is 1. The molecule has 29 heavy (non-hydrogen) atoms. The van der Waals surface area contributed by atoms with Gasteiger partial charge in [0, 0.05) is 25.5 Å². The van der Waals surface area contributed by atoms with Crippen molar-refractivity contribution in [1.29, 1.82) is 0 Å². The van der Waals surface area contributed by atoms with Crippen molar-refractivity contribution in [2.24, 2.45) is 0 Å². The first-order chi connectivity index (χ1) is 13.2. The van der Waals surface area contributed by atoms with Gasteiger partial charge in [-0.15, -0.1) is 0 Å². The predicted molar refractivity (Wildman–Crippen MR) is 101 cm³/mol.